The maximum Gasteiger partial charge on any atom is 0.323 e. The van der Waals surface area contributed by atoms with Gasteiger partial charge in [0.15, 0.2) is 9.84 Å². The Morgan fingerprint density at radius 3 is 2.65 bits per heavy atom. The van der Waals surface area contributed by atoms with Gasteiger partial charge < -0.3 is 10.0 Å². The van der Waals surface area contributed by atoms with E-state index >= 15 is 0 Å². The summed E-state index contributed by atoms with van der Waals surface area (Å²) in [6.45, 7) is -0.481. The predicted molar refractivity (Wildman–Crippen MR) is 82.8 cm³/mol. The maximum atomic E-state index is 12.4. The van der Waals surface area contributed by atoms with Crippen molar-refractivity contribution < 1.29 is 23.1 Å². The van der Waals surface area contributed by atoms with E-state index in [-0.39, 0.29) is 11.5 Å². The first-order valence-corrected chi connectivity index (χ1v) is 9.54. The van der Waals surface area contributed by atoms with Crippen LogP contribution in [0.2, 0.25) is 0 Å². The smallest absolute Gasteiger partial charge is 0.323 e. The zero-order valence-electron chi connectivity index (χ0n) is 10.3. The van der Waals surface area contributed by atoms with E-state index in [0.29, 0.717) is 12.0 Å². The van der Waals surface area contributed by atoms with Crippen LogP contribution in [-0.4, -0.2) is 54.4 Å². The number of halogens is 1. The van der Waals surface area contributed by atoms with Gasteiger partial charge in [0.25, 0.3) is 5.91 Å². The molecule has 1 amide bonds. The van der Waals surface area contributed by atoms with Gasteiger partial charge in [0.2, 0.25) is 0 Å². The fraction of sp³-hybridized carbons (Fsp3) is 0.455. The summed E-state index contributed by atoms with van der Waals surface area (Å²) in [5, 5.41) is 10.6. The van der Waals surface area contributed by atoms with E-state index in [2.05, 4.69) is 22.6 Å². The van der Waals surface area contributed by atoms with Gasteiger partial charge in [-0.2, -0.15) is 0 Å². The molecule has 0 radical (unpaired) electrons. The molecular formula is C11H12INO5S2. The average molecular weight is 429 g/mol. The molecule has 1 N–H and O–H groups in total. The van der Waals surface area contributed by atoms with Crippen LogP contribution < -0.4 is 0 Å². The highest BCUT2D eigenvalue weighted by Crippen LogP contribution is 2.23. The van der Waals surface area contributed by atoms with Crippen LogP contribution in [0.25, 0.3) is 0 Å². The van der Waals surface area contributed by atoms with Crippen LogP contribution in [-0.2, 0) is 14.6 Å². The molecule has 0 aliphatic carbocycles. The number of rotatable bonds is 4. The molecule has 1 fully saturated rings. The number of amides is 1. The molecule has 2 rings (SSSR count). The van der Waals surface area contributed by atoms with E-state index in [9.17, 15) is 18.0 Å². The Balaban J connectivity index is 2.24. The van der Waals surface area contributed by atoms with Gasteiger partial charge >= 0.3 is 5.97 Å². The number of aliphatic carboxylic acids is 1. The van der Waals surface area contributed by atoms with Gasteiger partial charge in [-0.3, -0.25) is 9.59 Å². The van der Waals surface area contributed by atoms with Gasteiger partial charge in [-0.1, -0.05) is 0 Å². The van der Waals surface area contributed by atoms with Crippen LogP contribution in [0.4, 0.5) is 0 Å². The van der Waals surface area contributed by atoms with Crippen LogP contribution in [0, 0.1) is 2.88 Å². The molecule has 6 nitrogen and oxygen atoms in total. The van der Waals surface area contributed by atoms with Crippen LogP contribution in [0.15, 0.2) is 11.4 Å². The summed E-state index contributed by atoms with van der Waals surface area (Å²) < 4.78 is 23.9. The molecule has 1 unspecified atom stereocenters. The molecule has 1 atom stereocenters. The first-order valence-electron chi connectivity index (χ1n) is 5.76. The highest BCUT2D eigenvalue weighted by Gasteiger charge is 2.36. The maximum absolute atomic E-state index is 12.4. The lowest BCUT2D eigenvalue weighted by Crippen LogP contribution is -2.44. The molecule has 0 spiro atoms. The second-order valence-electron chi connectivity index (χ2n) is 4.52. The zero-order chi connectivity index (χ0) is 14.9. The fourth-order valence-corrected chi connectivity index (χ4v) is 5.17. The monoisotopic (exact) mass is 429 g/mol. The van der Waals surface area contributed by atoms with Gasteiger partial charge in [0.05, 0.1) is 20.0 Å². The molecule has 0 bridgehead atoms. The van der Waals surface area contributed by atoms with Crippen molar-refractivity contribution in [2.24, 2.45) is 0 Å². The van der Waals surface area contributed by atoms with Gasteiger partial charge in [0, 0.05) is 11.4 Å². The Hall–Kier alpha value is -0.680. The number of carbonyl (C=O) groups excluding carboxylic acids is 1. The largest absolute Gasteiger partial charge is 0.480 e. The van der Waals surface area contributed by atoms with Gasteiger partial charge in [0.1, 0.15) is 6.54 Å². The average Bonchev–Trinajstić information content (AvgIpc) is 2.91. The normalized spacial score (nSPS) is 20.8. The van der Waals surface area contributed by atoms with Gasteiger partial charge in [-0.25, -0.2) is 8.42 Å². The van der Waals surface area contributed by atoms with E-state index < -0.39 is 34.3 Å². The first-order chi connectivity index (χ1) is 9.28. The predicted octanol–water partition coefficient (Wildman–Crippen LogP) is 1.07. The molecule has 1 aliphatic heterocycles. The van der Waals surface area contributed by atoms with Crippen molar-refractivity contribution in [1.82, 2.24) is 4.90 Å². The third-order valence-corrected chi connectivity index (χ3v) is 6.57. The number of nitrogens with zero attached hydrogens (tertiary/aromatic N) is 1. The third kappa shape index (κ3) is 3.70. The van der Waals surface area contributed by atoms with Crippen molar-refractivity contribution in [3.8, 4) is 0 Å². The lowest BCUT2D eigenvalue weighted by molar-refractivity contribution is -0.138. The van der Waals surface area contributed by atoms with Crippen LogP contribution in [0.1, 0.15) is 16.8 Å². The Labute approximate surface area is 133 Å². The van der Waals surface area contributed by atoms with Crippen molar-refractivity contribution in [3.63, 3.8) is 0 Å². The number of carboxylic acids is 1. The van der Waals surface area contributed by atoms with Crippen molar-refractivity contribution in [2.45, 2.75) is 12.5 Å². The van der Waals surface area contributed by atoms with Crippen molar-refractivity contribution in [1.29, 1.82) is 0 Å². The molecule has 110 valence electrons. The molecule has 0 saturated carbocycles. The molecular weight excluding hydrogens is 417 g/mol. The van der Waals surface area contributed by atoms with Gasteiger partial charge in [-0.05, 0) is 35.1 Å². The molecule has 1 aliphatic rings. The Bertz CT molecular complexity index is 639. The summed E-state index contributed by atoms with van der Waals surface area (Å²) in [5.74, 6) is -1.73. The minimum atomic E-state index is -3.17. The van der Waals surface area contributed by atoms with E-state index in [1.54, 1.807) is 11.4 Å². The quantitative estimate of drug-likeness (QED) is 0.724. The van der Waals surface area contributed by atoms with E-state index in [1.165, 1.54) is 11.3 Å². The van der Waals surface area contributed by atoms with Crippen molar-refractivity contribution in [2.75, 3.05) is 18.1 Å². The first kappa shape index (κ1) is 15.7. The molecule has 9 heteroatoms. The second-order valence-corrected chi connectivity index (χ2v) is 9.56. The third-order valence-electron chi connectivity index (χ3n) is 3.03. The lowest BCUT2D eigenvalue weighted by atomic mass is 10.2. The van der Waals surface area contributed by atoms with Crippen LogP contribution in [0.5, 0.6) is 0 Å². The summed E-state index contributed by atoms with van der Waals surface area (Å²) >= 11 is 3.46. The summed E-state index contributed by atoms with van der Waals surface area (Å²) in [7, 11) is -3.17. The number of carboxylic acid groups (broad SMARTS) is 1. The van der Waals surface area contributed by atoms with Gasteiger partial charge in [-0.15, -0.1) is 11.3 Å². The van der Waals surface area contributed by atoms with Crippen LogP contribution in [0.3, 0.4) is 0 Å². The number of hydrogen-bond acceptors (Lipinski definition) is 5. The van der Waals surface area contributed by atoms with Crippen molar-refractivity contribution in [3.05, 3.63) is 19.9 Å². The molecule has 1 aromatic rings. The number of hydrogen-bond donors (Lipinski definition) is 1. The fourth-order valence-electron chi connectivity index (χ4n) is 2.12. The van der Waals surface area contributed by atoms with E-state index in [1.807, 2.05) is 0 Å². The van der Waals surface area contributed by atoms with E-state index in [0.717, 1.165) is 7.78 Å². The number of carbonyl (C=O) groups is 2. The minimum Gasteiger partial charge on any atom is -0.480 e. The topological polar surface area (TPSA) is 91.8 Å². The summed E-state index contributed by atoms with van der Waals surface area (Å²) in [6.07, 6.45) is 0.294. The molecule has 20 heavy (non-hydrogen) atoms. The number of sulfone groups is 1. The Kier molecular flexibility index (Phi) is 4.69. The summed E-state index contributed by atoms with van der Waals surface area (Å²) in [5.41, 5.74) is 0.407. The zero-order valence-corrected chi connectivity index (χ0v) is 14.1. The van der Waals surface area contributed by atoms with E-state index in [4.69, 9.17) is 5.11 Å². The van der Waals surface area contributed by atoms with Crippen molar-refractivity contribution >= 4 is 55.6 Å². The number of thiophene rings is 1. The highest BCUT2D eigenvalue weighted by atomic mass is 127. The van der Waals surface area contributed by atoms with Crippen LogP contribution >= 0.6 is 33.9 Å². The molecule has 0 aromatic carbocycles. The molecule has 1 saturated heterocycles. The Morgan fingerprint density at radius 2 is 2.20 bits per heavy atom. The standard InChI is InChI=1S/C11H12INO5S2/c12-9-3-7(5-19-9)11(16)13(4-10(14)15)8-1-2-20(17,18)6-8/h3,5,8H,1-2,4,6H2,(H,14,15). The molecule has 1 aromatic heterocycles. The lowest BCUT2D eigenvalue weighted by Gasteiger charge is -2.26. The second kappa shape index (κ2) is 5.98. The molecule has 2 heterocycles. The SMILES string of the molecule is O=C(O)CN(C(=O)c1csc(I)c1)C1CCS(=O)(=O)C1. The summed E-state index contributed by atoms with van der Waals surface area (Å²) in [4.78, 5) is 24.4. The Morgan fingerprint density at radius 1 is 1.50 bits per heavy atom. The summed E-state index contributed by atoms with van der Waals surface area (Å²) in [6, 6.07) is 1.12. The minimum absolute atomic E-state index is 0.00222. The highest BCUT2D eigenvalue weighted by molar-refractivity contribution is 14.1.